The van der Waals surface area contributed by atoms with Crippen LogP contribution in [-0.2, 0) is 4.79 Å². The molecule has 1 aliphatic carbocycles. The Balaban J connectivity index is 0. The molecule has 4 nitrogen and oxygen atoms in total. The van der Waals surface area contributed by atoms with E-state index < -0.39 is 0 Å². The number of allylic oxidation sites excluding steroid dienone is 4. The second-order valence-corrected chi connectivity index (χ2v) is 3.13. The Bertz CT molecular complexity index is 262. The maximum absolute atomic E-state index is 10.1. The second-order valence-electron chi connectivity index (χ2n) is 2.65. The van der Waals surface area contributed by atoms with E-state index in [0.29, 0.717) is 6.42 Å². The fourth-order valence-electron chi connectivity index (χ4n) is 0.756. The van der Waals surface area contributed by atoms with Gasteiger partial charge in [0, 0.05) is 11.5 Å². The summed E-state index contributed by atoms with van der Waals surface area (Å²) in [7, 11) is 0. The monoisotopic (exact) mass is 243 g/mol. The standard InChI is InChI=1S/C6H7Cl.C4H8N2O.CH3N/c7-6-4-2-1-3-5-6;1-2-4(7)6-3-5;1-2/h1-2,4H,3,5H2;3H,2H2,1H3,(H2,5,6,7);2H,1H2. The number of amides is 1. The van der Waals surface area contributed by atoms with Crippen molar-refractivity contribution in [1.82, 2.24) is 5.32 Å². The molecule has 0 saturated heterocycles. The van der Waals surface area contributed by atoms with Gasteiger partial charge in [0.15, 0.2) is 0 Å². The van der Waals surface area contributed by atoms with Gasteiger partial charge in [-0.1, -0.05) is 30.7 Å². The van der Waals surface area contributed by atoms with Crippen LogP contribution in [0.5, 0.6) is 0 Å². The van der Waals surface area contributed by atoms with Gasteiger partial charge in [0.25, 0.3) is 0 Å². The number of carbonyl (C=O) groups excluding carboxylic acids is 1. The van der Waals surface area contributed by atoms with Crippen LogP contribution in [0.15, 0.2) is 23.3 Å². The van der Waals surface area contributed by atoms with Crippen LogP contribution >= 0.6 is 11.6 Å². The summed E-state index contributed by atoms with van der Waals surface area (Å²) in [4.78, 5) is 10.1. The Hall–Kier alpha value is -1.42. The van der Waals surface area contributed by atoms with Gasteiger partial charge in [-0.2, -0.15) is 0 Å². The van der Waals surface area contributed by atoms with E-state index in [1.807, 2.05) is 12.2 Å². The van der Waals surface area contributed by atoms with Crippen molar-refractivity contribution in [2.24, 2.45) is 0 Å². The van der Waals surface area contributed by atoms with Crippen LogP contribution in [-0.4, -0.2) is 19.0 Å². The van der Waals surface area contributed by atoms with E-state index in [1.165, 1.54) is 0 Å². The zero-order valence-electron chi connectivity index (χ0n) is 9.42. The lowest BCUT2D eigenvalue weighted by Gasteiger charge is -1.96. The van der Waals surface area contributed by atoms with E-state index in [9.17, 15) is 4.79 Å². The molecule has 0 spiro atoms. The molecule has 0 fully saturated rings. The van der Waals surface area contributed by atoms with Crippen LogP contribution in [0.25, 0.3) is 0 Å². The number of halogens is 1. The Labute approximate surface area is 101 Å². The largest absolute Gasteiger partial charge is 0.317 e. The zero-order chi connectivity index (χ0) is 12.8. The molecule has 0 aromatic carbocycles. The van der Waals surface area contributed by atoms with E-state index >= 15 is 0 Å². The molecule has 1 amide bonds. The third-order valence-corrected chi connectivity index (χ3v) is 1.83. The van der Waals surface area contributed by atoms with Gasteiger partial charge in [-0.15, -0.1) is 0 Å². The summed E-state index contributed by atoms with van der Waals surface area (Å²) in [6.45, 7) is 4.23. The first-order chi connectivity index (χ1) is 7.70. The third-order valence-electron chi connectivity index (χ3n) is 1.52. The second kappa shape index (κ2) is 13.6. The highest BCUT2D eigenvalue weighted by molar-refractivity contribution is 6.29. The number of rotatable bonds is 2. The fourth-order valence-corrected chi connectivity index (χ4v) is 0.938. The zero-order valence-corrected chi connectivity index (χ0v) is 10.2. The van der Waals surface area contributed by atoms with Crippen molar-refractivity contribution in [3.05, 3.63) is 23.3 Å². The summed E-state index contributed by atoms with van der Waals surface area (Å²) in [6.07, 6.45) is 9.50. The van der Waals surface area contributed by atoms with Crippen molar-refractivity contribution < 1.29 is 4.79 Å². The highest BCUT2D eigenvalue weighted by atomic mass is 35.5. The molecule has 0 aromatic heterocycles. The van der Waals surface area contributed by atoms with Gasteiger partial charge in [-0.3, -0.25) is 10.2 Å². The Kier molecular flexibility index (Phi) is 14.4. The number of hydrogen-bond donors (Lipinski definition) is 3. The number of hydrogen-bond acceptors (Lipinski definition) is 3. The van der Waals surface area contributed by atoms with E-state index in [4.69, 9.17) is 22.4 Å². The van der Waals surface area contributed by atoms with Crippen LogP contribution < -0.4 is 5.32 Å². The summed E-state index contributed by atoms with van der Waals surface area (Å²) >= 11 is 5.63. The van der Waals surface area contributed by atoms with Gasteiger partial charge >= 0.3 is 0 Å². The third kappa shape index (κ3) is 12.6. The summed E-state index contributed by atoms with van der Waals surface area (Å²) < 4.78 is 0. The molecule has 0 aromatic rings. The van der Waals surface area contributed by atoms with Gasteiger partial charge in [0.2, 0.25) is 5.91 Å². The average Bonchev–Trinajstić information content (AvgIpc) is 2.34. The molecule has 1 aliphatic rings. The quantitative estimate of drug-likeness (QED) is 0.506. The lowest BCUT2D eigenvalue weighted by atomic mass is 10.2. The summed E-state index contributed by atoms with van der Waals surface area (Å²) in [5.74, 6) is -0.116. The van der Waals surface area contributed by atoms with Gasteiger partial charge in [-0.05, 0) is 25.6 Å². The molecule has 0 aliphatic heterocycles. The summed E-state index contributed by atoms with van der Waals surface area (Å²) in [5.41, 5.74) is 0. The van der Waals surface area contributed by atoms with Crippen molar-refractivity contribution in [3.8, 4) is 0 Å². The summed E-state index contributed by atoms with van der Waals surface area (Å²) in [6, 6.07) is 0. The first kappa shape index (κ1) is 17.0. The SMILES string of the molecule is C=N.CCC(=O)NC=N.ClC1=CC=CCC1. The van der Waals surface area contributed by atoms with Crippen LogP contribution in [0.2, 0.25) is 0 Å². The lowest BCUT2D eigenvalue weighted by molar-refractivity contribution is -0.119. The number of carbonyl (C=O) groups is 1. The van der Waals surface area contributed by atoms with Gasteiger partial charge in [-0.25, -0.2) is 0 Å². The van der Waals surface area contributed by atoms with Crippen LogP contribution in [0.3, 0.4) is 0 Å². The molecular formula is C11H18ClN3O. The topological polar surface area (TPSA) is 76.8 Å². The number of nitrogens with one attached hydrogen (secondary N) is 3. The molecule has 0 bridgehead atoms. The predicted molar refractivity (Wildman–Crippen MR) is 69.4 cm³/mol. The Morgan fingerprint density at radius 3 is 2.50 bits per heavy atom. The summed E-state index contributed by atoms with van der Waals surface area (Å²) in [5, 5.41) is 15.1. The van der Waals surface area contributed by atoms with Crippen LogP contribution in [0.1, 0.15) is 26.2 Å². The minimum Gasteiger partial charge on any atom is -0.317 e. The Morgan fingerprint density at radius 2 is 2.31 bits per heavy atom. The first-order valence-electron chi connectivity index (χ1n) is 4.85. The molecule has 0 heterocycles. The highest BCUT2D eigenvalue weighted by Crippen LogP contribution is 2.14. The molecule has 90 valence electrons. The molecule has 3 N–H and O–H groups in total. The lowest BCUT2D eigenvalue weighted by Crippen LogP contribution is -2.18. The minimum atomic E-state index is -0.116. The Morgan fingerprint density at radius 1 is 1.69 bits per heavy atom. The van der Waals surface area contributed by atoms with E-state index in [1.54, 1.807) is 6.92 Å². The maximum Gasteiger partial charge on any atom is 0.224 e. The van der Waals surface area contributed by atoms with E-state index in [-0.39, 0.29) is 5.91 Å². The fraction of sp³-hybridized carbons (Fsp3) is 0.364. The van der Waals surface area contributed by atoms with Gasteiger partial charge in [0.05, 0.1) is 6.34 Å². The molecule has 0 atom stereocenters. The molecule has 0 unspecified atom stereocenters. The molecule has 0 saturated carbocycles. The predicted octanol–water partition coefficient (Wildman–Crippen LogP) is 2.84. The minimum absolute atomic E-state index is 0.116. The molecule has 16 heavy (non-hydrogen) atoms. The average molecular weight is 244 g/mol. The highest BCUT2D eigenvalue weighted by Gasteiger charge is 1.91. The van der Waals surface area contributed by atoms with Crippen molar-refractivity contribution in [3.63, 3.8) is 0 Å². The molecular weight excluding hydrogens is 226 g/mol. The van der Waals surface area contributed by atoms with Crippen LogP contribution in [0, 0.1) is 10.8 Å². The van der Waals surface area contributed by atoms with Gasteiger partial charge in [0.1, 0.15) is 0 Å². The molecule has 0 radical (unpaired) electrons. The van der Waals surface area contributed by atoms with E-state index in [0.717, 1.165) is 24.2 Å². The molecule has 1 rings (SSSR count). The van der Waals surface area contributed by atoms with Crippen molar-refractivity contribution in [2.75, 3.05) is 0 Å². The maximum atomic E-state index is 10.1. The van der Waals surface area contributed by atoms with Crippen molar-refractivity contribution >= 4 is 30.6 Å². The van der Waals surface area contributed by atoms with Crippen molar-refractivity contribution in [2.45, 2.75) is 26.2 Å². The smallest absolute Gasteiger partial charge is 0.224 e. The molecule has 5 heteroatoms. The van der Waals surface area contributed by atoms with Gasteiger partial charge < -0.3 is 10.7 Å². The van der Waals surface area contributed by atoms with Crippen LogP contribution in [0.4, 0.5) is 0 Å². The normalized spacial score (nSPS) is 12.0. The van der Waals surface area contributed by atoms with E-state index in [2.05, 4.69) is 18.1 Å². The van der Waals surface area contributed by atoms with Crippen molar-refractivity contribution in [1.29, 1.82) is 10.8 Å². The first-order valence-corrected chi connectivity index (χ1v) is 5.23.